The van der Waals surface area contributed by atoms with E-state index >= 15 is 0 Å². The molecular formula is C24H18ClN. The summed E-state index contributed by atoms with van der Waals surface area (Å²) in [6, 6.07) is 21.4. The summed E-state index contributed by atoms with van der Waals surface area (Å²) in [6.07, 6.45) is 9.84. The fourth-order valence-electron chi connectivity index (χ4n) is 3.90. The predicted octanol–water partition coefficient (Wildman–Crippen LogP) is 7.24. The number of aromatic amines is 1. The van der Waals surface area contributed by atoms with Crippen LogP contribution in [0.2, 0.25) is 5.02 Å². The van der Waals surface area contributed by atoms with Gasteiger partial charge in [-0.15, -0.1) is 0 Å². The van der Waals surface area contributed by atoms with Crippen molar-refractivity contribution in [2.75, 3.05) is 0 Å². The second-order valence-corrected chi connectivity index (χ2v) is 7.26. The second kappa shape index (κ2) is 6.19. The maximum absolute atomic E-state index is 6.26. The van der Waals surface area contributed by atoms with Gasteiger partial charge in [-0.2, -0.15) is 0 Å². The highest BCUT2D eigenvalue weighted by Gasteiger charge is 2.12. The lowest BCUT2D eigenvalue weighted by molar-refractivity contribution is 0.854. The molecule has 3 aromatic carbocycles. The summed E-state index contributed by atoms with van der Waals surface area (Å²) in [5.41, 5.74) is 6.09. The maximum atomic E-state index is 6.26. The third kappa shape index (κ3) is 2.56. The summed E-state index contributed by atoms with van der Waals surface area (Å²) in [6.45, 7) is 0. The molecule has 0 saturated carbocycles. The quantitative estimate of drug-likeness (QED) is 0.390. The van der Waals surface area contributed by atoms with E-state index in [1.807, 2.05) is 18.2 Å². The van der Waals surface area contributed by atoms with Crippen molar-refractivity contribution in [1.82, 2.24) is 4.98 Å². The van der Waals surface area contributed by atoms with E-state index in [1.165, 1.54) is 27.5 Å². The number of benzene rings is 3. The smallest absolute Gasteiger partial charge is 0.0471 e. The molecule has 26 heavy (non-hydrogen) atoms. The van der Waals surface area contributed by atoms with Crippen molar-refractivity contribution in [3.63, 3.8) is 0 Å². The fourth-order valence-corrected chi connectivity index (χ4v) is 4.07. The summed E-state index contributed by atoms with van der Waals surface area (Å²) < 4.78 is 0. The monoisotopic (exact) mass is 355 g/mol. The number of nitrogens with one attached hydrogen (secondary N) is 1. The zero-order valence-electron chi connectivity index (χ0n) is 14.2. The van der Waals surface area contributed by atoms with Crippen molar-refractivity contribution in [1.29, 1.82) is 0 Å². The third-order valence-corrected chi connectivity index (χ3v) is 5.45. The Morgan fingerprint density at radius 3 is 2.58 bits per heavy atom. The third-order valence-electron chi connectivity index (χ3n) is 5.22. The molecule has 126 valence electrons. The fraction of sp³-hybridized carbons (Fsp3) is 0.0833. The number of halogens is 1. The second-order valence-electron chi connectivity index (χ2n) is 6.82. The Balaban J connectivity index is 1.64. The van der Waals surface area contributed by atoms with Crippen LogP contribution in [0.3, 0.4) is 0 Å². The number of hydrogen-bond donors (Lipinski definition) is 1. The highest BCUT2D eigenvalue weighted by molar-refractivity contribution is 6.32. The van der Waals surface area contributed by atoms with Crippen molar-refractivity contribution in [2.45, 2.75) is 12.3 Å². The van der Waals surface area contributed by atoms with E-state index in [0.29, 0.717) is 5.92 Å². The van der Waals surface area contributed by atoms with Gasteiger partial charge in [-0.25, -0.2) is 0 Å². The lowest BCUT2D eigenvalue weighted by atomic mass is 9.90. The van der Waals surface area contributed by atoms with Crippen molar-refractivity contribution >= 4 is 33.4 Å². The van der Waals surface area contributed by atoms with E-state index in [-0.39, 0.29) is 0 Å². The van der Waals surface area contributed by atoms with Crippen LogP contribution in [0.25, 0.3) is 32.9 Å². The molecule has 1 aromatic heterocycles. The zero-order valence-corrected chi connectivity index (χ0v) is 15.0. The molecule has 1 heterocycles. The van der Waals surface area contributed by atoms with Crippen molar-refractivity contribution < 1.29 is 0 Å². The Hall–Kier alpha value is -2.77. The number of fused-ring (bicyclic) bond motifs is 3. The van der Waals surface area contributed by atoms with Crippen LogP contribution < -0.4 is 0 Å². The Labute approximate surface area is 157 Å². The van der Waals surface area contributed by atoms with Crippen LogP contribution in [0.4, 0.5) is 0 Å². The first-order valence-corrected chi connectivity index (χ1v) is 9.31. The number of hydrogen-bond acceptors (Lipinski definition) is 0. The minimum absolute atomic E-state index is 0.483. The molecule has 1 unspecified atom stereocenters. The van der Waals surface area contributed by atoms with Gasteiger partial charge in [-0.05, 0) is 47.4 Å². The predicted molar refractivity (Wildman–Crippen MR) is 112 cm³/mol. The van der Waals surface area contributed by atoms with E-state index in [2.05, 4.69) is 71.8 Å². The van der Waals surface area contributed by atoms with Gasteiger partial charge in [-0.3, -0.25) is 0 Å². The maximum Gasteiger partial charge on any atom is 0.0471 e. The average Bonchev–Trinajstić information content (AvgIpc) is 3.07. The van der Waals surface area contributed by atoms with Gasteiger partial charge in [0, 0.05) is 32.7 Å². The van der Waals surface area contributed by atoms with Gasteiger partial charge in [-0.1, -0.05) is 72.3 Å². The lowest BCUT2D eigenvalue weighted by Gasteiger charge is -2.14. The summed E-state index contributed by atoms with van der Waals surface area (Å²) in [5, 5.41) is 3.17. The van der Waals surface area contributed by atoms with Crippen LogP contribution in [0.1, 0.15) is 17.9 Å². The van der Waals surface area contributed by atoms with Gasteiger partial charge in [0.2, 0.25) is 0 Å². The first-order valence-electron chi connectivity index (χ1n) is 8.93. The number of allylic oxidation sites excluding steroid dienone is 4. The molecule has 0 saturated heterocycles. The average molecular weight is 356 g/mol. The molecule has 1 N–H and O–H groups in total. The summed E-state index contributed by atoms with van der Waals surface area (Å²) in [4.78, 5) is 3.50. The standard InChI is InChI=1S/C24H18ClN/c25-19-13-14-22-21(15-19)24-20(7-4-8-23(24)26-22)18-11-9-17(10-12-18)16-5-2-1-3-6-16/h1-5,7-16,26H,6H2. The minimum atomic E-state index is 0.483. The molecule has 1 atom stereocenters. The van der Waals surface area contributed by atoms with Gasteiger partial charge in [0.05, 0.1) is 0 Å². The highest BCUT2D eigenvalue weighted by Crippen LogP contribution is 2.36. The van der Waals surface area contributed by atoms with E-state index in [4.69, 9.17) is 11.6 Å². The topological polar surface area (TPSA) is 15.8 Å². The largest absolute Gasteiger partial charge is 0.354 e. The number of rotatable bonds is 2. The summed E-state index contributed by atoms with van der Waals surface area (Å²) in [5.74, 6) is 0.483. The Bertz CT molecular complexity index is 1160. The molecule has 2 heteroatoms. The van der Waals surface area contributed by atoms with Crippen LogP contribution in [-0.2, 0) is 0 Å². The molecule has 0 amide bonds. The normalized spacial score (nSPS) is 16.6. The van der Waals surface area contributed by atoms with Gasteiger partial charge in [0.25, 0.3) is 0 Å². The molecular weight excluding hydrogens is 338 g/mol. The molecule has 0 radical (unpaired) electrons. The lowest BCUT2D eigenvalue weighted by Crippen LogP contribution is -1.95. The van der Waals surface area contributed by atoms with Crippen molar-refractivity contribution in [3.05, 3.63) is 95.6 Å². The Morgan fingerprint density at radius 1 is 0.885 bits per heavy atom. The SMILES string of the molecule is Clc1ccc2[nH]c3cccc(-c4ccc(C5C=CC=CC5)cc4)c3c2c1. The summed E-state index contributed by atoms with van der Waals surface area (Å²) in [7, 11) is 0. The number of aromatic nitrogens is 1. The minimum Gasteiger partial charge on any atom is -0.354 e. The highest BCUT2D eigenvalue weighted by atomic mass is 35.5. The van der Waals surface area contributed by atoms with Crippen LogP contribution >= 0.6 is 11.6 Å². The van der Waals surface area contributed by atoms with Gasteiger partial charge >= 0.3 is 0 Å². The first kappa shape index (κ1) is 15.5. The van der Waals surface area contributed by atoms with Crippen molar-refractivity contribution in [3.8, 4) is 11.1 Å². The molecule has 4 aromatic rings. The molecule has 0 bridgehead atoms. The van der Waals surface area contributed by atoms with Crippen LogP contribution in [0.15, 0.2) is 85.0 Å². The Morgan fingerprint density at radius 2 is 1.77 bits per heavy atom. The van der Waals surface area contributed by atoms with E-state index in [0.717, 1.165) is 22.5 Å². The molecule has 0 aliphatic heterocycles. The van der Waals surface area contributed by atoms with Crippen molar-refractivity contribution in [2.24, 2.45) is 0 Å². The van der Waals surface area contributed by atoms with Crippen LogP contribution in [0, 0.1) is 0 Å². The first-order chi connectivity index (χ1) is 12.8. The summed E-state index contributed by atoms with van der Waals surface area (Å²) >= 11 is 6.26. The van der Waals surface area contributed by atoms with E-state index in [1.54, 1.807) is 0 Å². The van der Waals surface area contributed by atoms with Crippen LogP contribution in [-0.4, -0.2) is 4.98 Å². The van der Waals surface area contributed by atoms with E-state index < -0.39 is 0 Å². The molecule has 1 aliphatic rings. The van der Waals surface area contributed by atoms with Gasteiger partial charge in [0.1, 0.15) is 0 Å². The van der Waals surface area contributed by atoms with Gasteiger partial charge < -0.3 is 4.98 Å². The Kier molecular flexibility index (Phi) is 3.69. The molecule has 1 aliphatic carbocycles. The number of H-pyrrole nitrogens is 1. The van der Waals surface area contributed by atoms with Crippen LogP contribution in [0.5, 0.6) is 0 Å². The molecule has 1 nitrogen and oxygen atoms in total. The van der Waals surface area contributed by atoms with E-state index in [9.17, 15) is 0 Å². The zero-order chi connectivity index (χ0) is 17.5. The molecule has 5 rings (SSSR count). The molecule has 0 spiro atoms. The van der Waals surface area contributed by atoms with Gasteiger partial charge in [0.15, 0.2) is 0 Å². The molecule has 0 fully saturated rings.